The second-order valence-corrected chi connectivity index (χ2v) is 5.91. The Balaban J connectivity index is 1.83. The van der Waals surface area contributed by atoms with E-state index in [-0.39, 0.29) is 0 Å². The van der Waals surface area contributed by atoms with Crippen LogP contribution in [0.5, 0.6) is 0 Å². The maximum atomic E-state index is 5.63. The Morgan fingerprint density at radius 2 is 1.81 bits per heavy atom. The standard InChI is InChI=1S/C13H27N3/c1-12(3-7-14)11-16-10-6-13(16)4-8-15(2)9-5-13/h12H,3-11,14H2,1-2H3. The third-order valence-corrected chi connectivity index (χ3v) is 4.63. The molecule has 0 aromatic rings. The van der Waals surface area contributed by atoms with Crippen LogP contribution in [0.3, 0.4) is 0 Å². The molecular weight excluding hydrogens is 198 g/mol. The molecule has 1 unspecified atom stereocenters. The summed E-state index contributed by atoms with van der Waals surface area (Å²) in [6.45, 7) is 8.32. The molecule has 3 nitrogen and oxygen atoms in total. The number of likely N-dealkylation sites (tertiary alicyclic amines) is 2. The van der Waals surface area contributed by atoms with Gasteiger partial charge < -0.3 is 10.6 Å². The number of rotatable bonds is 4. The van der Waals surface area contributed by atoms with E-state index in [1.807, 2.05) is 0 Å². The molecule has 0 aliphatic carbocycles. The Bertz CT molecular complexity index is 221. The predicted molar refractivity (Wildman–Crippen MR) is 68.5 cm³/mol. The van der Waals surface area contributed by atoms with E-state index in [9.17, 15) is 0 Å². The zero-order valence-electron chi connectivity index (χ0n) is 10.9. The fourth-order valence-electron chi connectivity index (χ4n) is 3.22. The molecule has 3 heteroatoms. The topological polar surface area (TPSA) is 32.5 Å². The average molecular weight is 225 g/mol. The quantitative estimate of drug-likeness (QED) is 0.779. The van der Waals surface area contributed by atoms with Crippen LogP contribution in [-0.4, -0.2) is 55.1 Å². The highest BCUT2D eigenvalue weighted by molar-refractivity contribution is 5.02. The van der Waals surface area contributed by atoms with Gasteiger partial charge in [-0.25, -0.2) is 0 Å². The van der Waals surface area contributed by atoms with Crippen molar-refractivity contribution in [1.82, 2.24) is 9.80 Å². The summed E-state index contributed by atoms with van der Waals surface area (Å²) in [5, 5.41) is 0. The van der Waals surface area contributed by atoms with Gasteiger partial charge in [0.1, 0.15) is 0 Å². The molecule has 0 radical (unpaired) electrons. The molecule has 2 heterocycles. The maximum absolute atomic E-state index is 5.63. The Morgan fingerprint density at radius 3 is 2.31 bits per heavy atom. The molecule has 2 saturated heterocycles. The van der Waals surface area contributed by atoms with Gasteiger partial charge in [0, 0.05) is 18.6 Å². The molecule has 1 spiro atoms. The molecule has 2 N–H and O–H groups in total. The van der Waals surface area contributed by atoms with Crippen LogP contribution in [0.25, 0.3) is 0 Å². The first kappa shape index (κ1) is 12.3. The normalized spacial score (nSPS) is 27.9. The van der Waals surface area contributed by atoms with E-state index in [4.69, 9.17) is 5.73 Å². The fourth-order valence-corrected chi connectivity index (χ4v) is 3.22. The predicted octanol–water partition coefficient (Wildman–Crippen LogP) is 1.14. The van der Waals surface area contributed by atoms with Crippen LogP contribution in [0.2, 0.25) is 0 Å². The fraction of sp³-hybridized carbons (Fsp3) is 1.00. The van der Waals surface area contributed by atoms with Gasteiger partial charge in [-0.2, -0.15) is 0 Å². The summed E-state index contributed by atoms with van der Waals surface area (Å²) in [7, 11) is 2.24. The lowest BCUT2D eigenvalue weighted by atomic mass is 9.76. The Kier molecular flexibility index (Phi) is 3.88. The lowest BCUT2D eigenvalue weighted by molar-refractivity contribution is -0.0627. The molecule has 94 valence electrons. The second-order valence-electron chi connectivity index (χ2n) is 5.91. The smallest absolute Gasteiger partial charge is 0.0246 e. The van der Waals surface area contributed by atoms with Gasteiger partial charge in [-0.15, -0.1) is 0 Å². The average Bonchev–Trinajstić information content (AvgIpc) is 2.26. The molecule has 0 bridgehead atoms. The molecule has 2 aliphatic heterocycles. The van der Waals surface area contributed by atoms with Gasteiger partial charge in [-0.05, 0) is 58.3 Å². The summed E-state index contributed by atoms with van der Waals surface area (Å²) in [5.74, 6) is 0.766. The van der Waals surface area contributed by atoms with Crippen LogP contribution in [0.15, 0.2) is 0 Å². The van der Waals surface area contributed by atoms with Gasteiger partial charge in [-0.1, -0.05) is 6.92 Å². The van der Waals surface area contributed by atoms with Crippen molar-refractivity contribution in [2.45, 2.75) is 38.1 Å². The highest BCUT2D eigenvalue weighted by atomic mass is 15.3. The van der Waals surface area contributed by atoms with E-state index in [1.165, 1.54) is 51.9 Å². The van der Waals surface area contributed by atoms with Gasteiger partial charge in [0.25, 0.3) is 0 Å². The molecule has 1 atom stereocenters. The summed E-state index contributed by atoms with van der Waals surface area (Å²) in [4.78, 5) is 5.20. The van der Waals surface area contributed by atoms with Gasteiger partial charge in [0.15, 0.2) is 0 Å². The minimum atomic E-state index is 0.579. The number of nitrogens with zero attached hydrogens (tertiary/aromatic N) is 2. The van der Waals surface area contributed by atoms with Crippen LogP contribution >= 0.6 is 0 Å². The van der Waals surface area contributed by atoms with Crippen molar-refractivity contribution in [2.24, 2.45) is 11.7 Å². The molecular formula is C13H27N3. The first-order valence-electron chi connectivity index (χ1n) is 6.80. The van der Waals surface area contributed by atoms with Crippen LogP contribution in [0.1, 0.15) is 32.6 Å². The Morgan fingerprint density at radius 1 is 1.19 bits per heavy atom. The largest absolute Gasteiger partial charge is 0.330 e. The molecule has 0 aromatic heterocycles. The minimum absolute atomic E-state index is 0.579. The van der Waals surface area contributed by atoms with E-state index in [1.54, 1.807) is 0 Å². The molecule has 0 saturated carbocycles. The highest BCUT2D eigenvalue weighted by Gasteiger charge is 2.45. The van der Waals surface area contributed by atoms with E-state index in [0.717, 1.165) is 12.5 Å². The van der Waals surface area contributed by atoms with Crippen LogP contribution < -0.4 is 5.73 Å². The SMILES string of the molecule is CC(CCN)CN1CCC12CCN(C)CC2. The van der Waals surface area contributed by atoms with Gasteiger partial charge in [0.05, 0.1) is 0 Å². The summed E-state index contributed by atoms with van der Waals surface area (Å²) in [6, 6.07) is 0. The summed E-state index contributed by atoms with van der Waals surface area (Å²) in [6.07, 6.45) is 5.35. The molecule has 0 amide bonds. The minimum Gasteiger partial charge on any atom is -0.330 e. The van der Waals surface area contributed by atoms with Crippen molar-refractivity contribution in [3.63, 3.8) is 0 Å². The summed E-state index contributed by atoms with van der Waals surface area (Å²) >= 11 is 0. The first-order valence-corrected chi connectivity index (χ1v) is 6.80. The van der Waals surface area contributed by atoms with E-state index in [0.29, 0.717) is 5.54 Å². The number of hydrogen-bond acceptors (Lipinski definition) is 3. The van der Waals surface area contributed by atoms with Gasteiger partial charge in [0.2, 0.25) is 0 Å². The van der Waals surface area contributed by atoms with Crippen molar-refractivity contribution < 1.29 is 0 Å². The third-order valence-electron chi connectivity index (χ3n) is 4.63. The first-order chi connectivity index (χ1) is 7.66. The summed E-state index contributed by atoms with van der Waals surface area (Å²) < 4.78 is 0. The second kappa shape index (κ2) is 5.03. The van der Waals surface area contributed by atoms with Crippen molar-refractivity contribution in [3.05, 3.63) is 0 Å². The van der Waals surface area contributed by atoms with E-state index < -0.39 is 0 Å². The zero-order valence-corrected chi connectivity index (χ0v) is 10.9. The lowest BCUT2D eigenvalue weighted by Crippen LogP contribution is -2.64. The monoisotopic (exact) mass is 225 g/mol. The van der Waals surface area contributed by atoms with Crippen molar-refractivity contribution in [2.75, 3.05) is 39.8 Å². The van der Waals surface area contributed by atoms with Crippen LogP contribution in [0, 0.1) is 5.92 Å². The molecule has 2 rings (SSSR count). The van der Waals surface area contributed by atoms with Crippen molar-refractivity contribution >= 4 is 0 Å². The van der Waals surface area contributed by atoms with Gasteiger partial charge in [-0.3, -0.25) is 4.90 Å². The lowest BCUT2D eigenvalue weighted by Gasteiger charge is -2.57. The zero-order chi connectivity index (χ0) is 11.6. The number of piperidine rings is 1. The van der Waals surface area contributed by atoms with E-state index in [2.05, 4.69) is 23.8 Å². The van der Waals surface area contributed by atoms with Crippen LogP contribution in [0.4, 0.5) is 0 Å². The maximum Gasteiger partial charge on any atom is 0.0246 e. The van der Waals surface area contributed by atoms with Gasteiger partial charge >= 0.3 is 0 Å². The molecule has 2 aliphatic rings. The summed E-state index contributed by atoms with van der Waals surface area (Å²) in [5.41, 5.74) is 6.21. The van der Waals surface area contributed by atoms with E-state index >= 15 is 0 Å². The Labute approximate surface area is 100.0 Å². The molecule has 0 aromatic carbocycles. The molecule has 2 fully saturated rings. The number of nitrogens with two attached hydrogens (primary N) is 1. The van der Waals surface area contributed by atoms with Crippen LogP contribution in [-0.2, 0) is 0 Å². The van der Waals surface area contributed by atoms with Crippen molar-refractivity contribution in [1.29, 1.82) is 0 Å². The highest BCUT2D eigenvalue weighted by Crippen LogP contribution is 2.40. The third kappa shape index (κ3) is 2.41. The molecule has 16 heavy (non-hydrogen) atoms. The Hall–Kier alpha value is -0.120. The number of hydrogen-bond donors (Lipinski definition) is 1. The van der Waals surface area contributed by atoms with Crippen molar-refractivity contribution in [3.8, 4) is 0 Å².